The smallest absolute Gasteiger partial charge is 0.309 e. The fourth-order valence-corrected chi connectivity index (χ4v) is 2.59. The lowest BCUT2D eigenvalue weighted by molar-refractivity contribution is -0.150. The number of amides is 2. The number of ether oxygens (including phenoxy) is 1. The fraction of sp³-hybridized carbons (Fsp3) is 0.471. The molecular formula is C17H21FN2O4. The van der Waals surface area contributed by atoms with Crippen LogP contribution in [0.2, 0.25) is 0 Å². The summed E-state index contributed by atoms with van der Waals surface area (Å²) in [6, 6.07) is 5.43. The largest absolute Gasteiger partial charge is 0.464 e. The minimum atomic E-state index is -0.382. The van der Waals surface area contributed by atoms with Crippen LogP contribution in [-0.4, -0.2) is 48.9 Å². The maximum absolute atomic E-state index is 12.9. The minimum absolute atomic E-state index is 0.146. The lowest BCUT2D eigenvalue weighted by Crippen LogP contribution is -2.41. The number of likely N-dealkylation sites (tertiary alicyclic amines) is 1. The highest BCUT2D eigenvalue weighted by atomic mass is 19.1. The minimum Gasteiger partial charge on any atom is -0.464 e. The van der Waals surface area contributed by atoms with Gasteiger partial charge < -0.3 is 15.0 Å². The molecule has 1 fully saturated rings. The van der Waals surface area contributed by atoms with Crippen LogP contribution in [0.5, 0.6) is 0 Å². The van der Waals surface area contributed by atoms with E-state index < -0.39 is 0 Å². The average Bonchev–Trinajstić information content (AvgIpc) is 2.58. The number of halogens is 1. The first-order valence-electron chi connectivity index (χ1n) is 7.93. The maximum Gasteiger partial charge on any atom is 0.309 e. The molecular weight excluding hydrogens is 315 g/mol. The van der Waals surface area contributed by atoms with E-state index in [1.165, 1.54) is 31.2 Å². The van der Waals surface area contributed by atoms with Crippen LogP contribution in [0.3, 0.4) is 0 Å². The third kappa shape index (κ3) is 5.04. The maximum atomic E-state index is 12.9. The number of hydrogen-bond donors (Lipinski definition) is 1. The Morgan fingerprint density at radius 3 is 2.42 bits per heavy atom. The molecule has 1 aliphatic heterocycles. The Morgan fingerprint density at radius 1 is 1.21 bits per heavy atom. The van der Waals surface area contributed by atoms with E-state index >= 15 is 0 Å². The zero-order valence-corrected chi connectivity index (χ0v) is 13.6. The Labute approximate surface area is 140 Å². The summed E-state index contributed by atoms with van der Waals surface area (Å²) >= 11 is 0. The van der Waals surface area contributed by atoms with E-state index in [9.17, 15) is 18.8 Å². The van der Waals surface area contributed by atoms with Crippen LogP contribution >= 0.6 is 0 Å². The van der Waals surface area contributed by atoms with Crippen molar-refractivity contribution in [2.75, 3.05) is 26.2 Å². The molecule has 6 nitrogen and oxygen atoms in total. The van der Waals surface area contributed by atoms with Gasteiger partial charge in [-0.3, -0.25) is 14.4 Å². The van der Waals surface area contributed by atoms with Gasteiger partial charge in [-0.2, -0.15) is 0 Å². The molecule has 0 saturated carbocycles. The normalized spacial score (nSPS) is 15.0. The predicted octanol–water partition coefficient (Wildman–Crippen LogP) is 1.36. The summed E-state index contributed by atoms with van der Waals surface area (Å²) in [7, 11) is 0. The summed E-state index contributed by atoms with van der Waals surface area (Å²) in [6.07, 6.45) is 1.07. The number of nitrogens with one attached hydrogen (secondary N) is 1. The third-order valence-electron chi connectivity index (χ3n) is 3.93. The van der Waals surface area contributed by atoms with Crippen LogP contribution < -0.4 is 5.32 Å². The quantitative estimate of drug-likeness (QED) is 0.651. The number of hydrogen-bond acceptors (Lipinski definition) is 4. The molecule has 0 unspecified atom stereocenters. The van der Waals surface area contributed by atoms with Gasteiger partial charge in [-0.05, 0) is 37.1 Å². The van der Waals surface area contributed by atoms with Crippen molar-refractivity contribution in [3.05, 3.63) is 35.6 Å². The second-order valence-corrected chi connectivity index (χ2v) is 5.72. The molecule has 24 heavy (non-hydrogen) atoms. The van der Waals surface area contributed by atoms with Crippen molar-refractivity contribution in [2.45, 2.75) is 19.8 Å². The van der Waals surface area contributed by atoms with Gasteiger partial charge in [0, 0.05) is 25.6 Å². The summed E-state index contributed by atoms with van der Waals surface area (Å²) in [4.78, 5) is 36.6. The van der Waals surface area contributed by atoms with E-state index in [1.54, 1.807) is 4.90 Å². The molecule has 1 aromatic rings. The summed E-state index contributed by atoms with van der Waals surface area (Å²) in [5.41, 5.74) is 0.438. The molecule has 0 radical (unpaired) electrons. The highest BCUT2D eigenvalue weighted by Gasteiger charge is 2.28. The van der Waals surface area contributed by atoms with Gasteiger partial charge in [0.15, 0.2) is 0 Å². The van der Waals surface area contributed by atoms with Gasteiger partial charge in [0.1, 0.15) is 12.4 Å². The van der Waals surface area contributed by atoms with Gasteiger partial charge >= 0.3 is 5.97 Å². The van der Waals surface area contributed by atoms with Crippen molar-refractivity contribution in [3.63, 3.8) is 0 Å². The van der Waals surface area contributed by atoms with E-state index in [0.29, 0.717) is 38.0 Å². The van der Waals surface area contributed by atoms with Crippen molar-refractivity contribution in [1.29, 1.82) is 0 Å². The molecule has 0 bridgehead atoms. The molecule has 2 amide bonds. The topological polar surface area (TPSA) is 75.7 Å². The van der Waals surface area contributed by atoms with Crippen LogP contribution in [0.25, 0.3) is 0 Å². The summed E-state index contributed by atoms with van der Waals surface area (Å²) in [6.45, 7) is 2.76. The van der Waals surface area contributed by atoms with Crippen molar-refractivity contribution >= 4 is 17.8 Å². The van der Waals surface area contributed by atoms with Gasteiger partial charge in [0.25, 0.3) is 5.91 Å². The Morgan fingerprint density at radius 2 is 1.83 bits per heavy atom. The molecule has 1 N–H and O–H groups in total. The Bertz CT molecular complexity index is 595. The zero-order valence-electron chi connectivity index (χ0n) is 13.6. The molecule has 2 rings (SSSR count). The molecule has 0 spiro atoms. The fourth-order valence-electron chi connectivity index (χ4n) is 2.59. The molecule has 1 heterocycles. The highest BCUT2D eigenvalue weighted by molar-refractivity contribution is 5.94. The number of carbonyl (C=O) groups is 3. The molecule has 0 atom stereocenters. The first-order valence-corrected chi connectivity index (χ1v) is 7.93. The second kappa shape index (κ2) is 8.42. The average molecular weight is 336 g/mol. The summed E-state index contributed by atoms with van der Waals surface area (Å²) in [5, 5.41) is 2.55. The van der Waals surface area contributed by atoms with Crippen molar-refractivity contribution in [1.82, 2.24) is 10.2 Å². The number of rotatable bonds is 5. The first-order chi connectivity index (χ1) is 11.5. The molecule has 1 aliphatic rings. The Balaban J connectivity index is 1.76. The molecule has 1 saturated heterocycles. The second-order valence-electron chi connectivity index (χ2n) is 5.72. The van der Waals surface area contributed by atoms with Crippen molar-refractivity contribution in [2.24, 2.45) is 5.92 Å². The standard InChI is InChI=1S/C17H21FN2O4/c1-12(21)19-8-11-24-17(23)14-6-9-20(10-7-14)16(22)13-2-4-15(18)5-3-13/h2-5,14H,6-11H2,1H3,(H,19,21). The number of esters is 1. The van der Waals surface area contributed by atoms with Crippen LogP contribution in [0.1, 0.15) is 30.1 Å². The monoisotopic (exact) mass is 336 g/mol. The predicted molar refractivity (Wildman–Crippen MR) is 84.7 cm³/mol. The van der Waals surface area contributed by atoms with E-state index in [4.69, 9.17) is 4.74 Å². The van der Waals surface area contributed by atoms with E-state index in [0.717, 1.165) is 0 Å². The molecule has 0 aliphatic carbocycles. The number of nitrogens with zero attached hydrogens (tertiary/aromatic N) is 1. The van der Waals surface area contributed by atoms with Gasteiger partial charge in [-0.15, -0.1) is 0 Å². The van der Waals surface area contributed by atoms with Gasteiger partial charge in [0.05, 0.1) is 12.5 Å². The highest BCUT2D eigenvalue weighted by Crippen LogP contribution is 2.20. The summed E-state index contributed by atoms with van der Waals surface area (Å²) in [5.74, 6) is -1.24. The van der Waals surface area contributed by atoms with Gasteiger partial charge in [-0.25, -0.2) is 4.39 Å². The first kappa shape index (κ1) is 17.9. The Kier molecular flexibility index (Phi) is 6.28. The van der Waals surface area contributed by atoms with E-state index in [2.05, 4.69) is 5.32 Å². The van der Waals surface area contributed by atoms with Gasteiger partial charge in [-0.1, -0.05) is 0 Å². The van der Waals surface area contributed by atoms with E-state index in [1.807, 2.05) is 0 Å². The Hall–Kier alpha value is -2.44. The SMILES string of the molecule is CC(=O)NCCOC(=O)C1CCN(C(=O)c2ccc(F)cc2)CC1. The molecule has 0 aromatic heterocycles. The lowest BCUT2D eigenvalue weighted by atomic mass is 9.96. The van der Waals surface area contributed by atoms with Crippen LogP contribution in [0, 0.1) is 11.7 Å². The third-order valence-corrected chi connectivity index (χ3v) is 3.93. The number of benzene rings is 1. The summed E-state index contributed by atoms with van der Waals surface area (Å²) < 4.78 is 18.0. The van der Waals surface area contributed by atoms with Crippen molar-refractivity contribution < 1.29 is 23.5 Å². The van der Waals surface area contributed by atoms with E-state index in [-0.39, 0.29) is 36.1 Å². The molecule has 7 heteroatoms. The lowest BCUT2D eigenvalue weighted by Gasteiger charge is -2.31. The van der Waals surface area contributed by atoms with Gasteiger partial charge in [0.2, 0.25) is 5.91 Å². The zero-order chi connectivity index (χ0) is 17.5. The number of piperidine rings is 1. The molecule has 130 valence electrons. The van der Waals surface area contributed by atoms with Crippen LogP contribution in [0.4, 0.5) is 4.39 Å². The van der Waals surface area contributed by atoms with Crippen molar-refractivity contribution in [3.8, 4) is 0 Å². The molecule has 1 aromatic carbocycles. The number of carbonyl (C=O) groups excluding carboxylic acids is 3. The van der Waals surface area contributed by atoms with Crippen LogP contribution in [-0.2, 0) is 14.3 Å². The van der Waals surface area contributed by atoms with Crippen LogP contribution in [0.15, 0.2) is 24.3 Å².